The molecule has 0 aromatic heterocycles. The second-order valence-corrected chi connectivity index (χ2v) is 6.83. The van der Waals surface area contributed by atoms with Crippen molar-refractivity contribution in [1.82, 2.24) is 5.32 Å². The van der Waals surface area contributed by atoms with Crippen LogP contribution in [-0.4, -0.2) is 5.91 Å². The van der Waals surface area contributed by atoms with Crippen molar-refractivity contribution in [1.29, 1.82) is 0 Å². The third-order valence-electron chi connectivity index (χ3n) is 4.12. The monoisotopic (exact) mass is 384 g/mol. The minimum atomic E-state index is -0.486. The van der Waals surface area contributed by atoms with Crippen LogP contribution in [-0.2, 0) is 0 Å². The maximum Gasteiger partial charge on any atom is 0.251 e. The van der Waals surface area contributed by atoms with Crippen LogP contribution in [0, 0.1) is 0 Å². The van der Waals surface area contributed by atoms with Crippen molar-refractivity contribution in [2.45, 2.75) is 12.1 Å². The van der Waals surface area contributed by atoms with Gasteiger partial charge in [0, 0.05) is 15.6 Å². The van der Waals surface area contributed by atoms with E-state index in [-0.39, 0.29) is 5.91 Å². The molecule has 0 aliphatic heterocycles. The van der Waals surface area contributed by atoms with Gasteiger partial charge in [-0.15, -0.1) is 0 Å². The molecule has 132 valence electrons. The molecule has 3 rings (SSSR count). The zero-order valence-corrected chi connectivity index (χ0v) is 15.4. The van der Waals surface area contributed by atoms with Crippen LogP contribution in [0.4, 0.5) is 0 Å². The second-order valence-electron chi connectivity index (χ2n) is 5.95. The van der Waals surface area contributed by atoms with Crippen LogP contribution in [0.1, 0.15) is 33.6 Å². The number of amides is 1. The molecular formula is C21H18Cl2N2O. The molecule has 3 aromatic carbocycles. The first kappa shape index (κ1) is 18.5. The molecule has 0 spiro atoms. The normalized spacial score (nSPS) is 13.0. The van der Waals surface area contributed by atoms with Gasteiger partial charge in [0.25, 0.3) is 5.91 Å². The lowest BCUT2D eigenvalue weighted by atomic mass is 9.93. The van der Waals surface area contributed by atoms with E-state index in [0.29, 0.717) is 15.6 Å². The van der Waals surface area contributed by atoms with E-state index in [1.807, 2.05) is 48.5 Å². The van der Waals surface area contributed by atoms with Gasteiger partial charge in [0.05, 0.1) is 12.1 Å². The molecule has 0 fully saturated rings. The van der Waals surface area contributed by atoms with Gasteiger partial charge in [-0.1, -0.05) is 65.7 Å². The van der Waals surface area contributed by atoms with E-state index >= 15 is 0 Å². The fourth-order valence-corrected chi connectivity index (χ4v) is 3.20. The second kappa shape index (κ2) is 8.37. The maximum absolute atomic E-state index is 12.7. The SMILES string of the molecule is N[C@H](c1cccc(Cl)c1)[C@@H](NC(=O)c1ccccc1)c1cccc(Cl)c1. The van der Waals surface area contributed by atoms with Crippen molar-refractivity contribution in [2.24, 2.45) is 5.73 Å². The minimum absolute atomic E-state index is 0.201. The predicted molar refractivity (Wildman–Crippen MR) is 106 cm³/mol. The number of halogens is 2. The van der Waals surface area contributed by atoms with Crippen molar-refractivity contribution >= 4 is 29.1 Å². The van der Waals surface area contributed by atoms with Crippen LogP contribution in [0.25, 0.3) is 0 Å². The quantitative estimate of drug-likeness (QED) is 0.637. The van der Waals surface area contributed by atoms with Crippen molar-refractivity contribution in [3.63, 3.8) is 0 Å². The highest BCUT2D eigenvalue weighted by Crippen LogP contribution is 2.30. The summed E-state index contributed by atoms with van der Waals surface area (Å²) in [5.41, 5.74) is 8.73. The minimum Gasteiger partial charge on any atom is -0.343 e. The maximum atomic E-state index is 12.7. The van der Waals surface area contributed by atoms with Gasteiger partial charge >= 0.3 is 0 Å². The van der Waals surface area contributed by atoms with Crippen LogP contribution in [0.15, 0.2) is 78.9 Å². The Morgan fingerprint density at radius 1 is 0.808 bits per heavy atom. The largest absolute Gasteiger partial charge is 0.343 e. The molecule has 0 heterocycles. The van der Waals surface area contributed by atoms with Crippen molar-refractivity contribution in [2.75, 3.05) is 0 Å². The fourth-order valence-electron chi connectivity index (χ4n) is 2.80. The Kier molecular flexibility index (Phi) is 5.94. The summed E-state index contributed by atoms with van der Waals surface area (Å²) in [6.07, 6.45) is 0. The Bertz CT molecular complexity index is 899. The van der Waals surface area contributed by atoms with E-state index in [9.17, 15) is 4.79 Å². The molecule has 0 bridgehead atoms. The summed E-state index contributed by atoms with van der Waals surface area (Å²) in [5, 5.41) is 4.21. The molecule has 1 amide bonds. The van der Waals surface area contributed by atoms with E-state index < -0.39 is 12.1 Å². The molecule has 0 unspecified atom stereocenters. The molecule has 3 nitrogen and oxygen atoms in total. The number of hydrogen-bond acceptors (Lipinski definition) is 2. The number of carbonyl (C=O) groups excluding carboxylic acids is 1. The van der Waals surface area contributed by atoms with Crippen LogP contribution in [0.5, 0.6) is 0 Å². The van der Waals surface area contributed by atoms with Gasteiger partial charge in [0.2, 0.25) is 0 Å². The summed E-state index contributed by atoms with van der Waals surface area (Å²) in [6, 6.07) is 22.7. The molecule has 0 saturated carbocycles. The van der Waals surface area contributed by atoms with Gasteiger partial charge in [-0.05, 0) is 47.5 Å². The van der Waals surface area contributed by atoms with Crippen molar-refractivity contribution in [3.05, 3.63) is 106 Å². The Labute approximate surface area is 162 Å². The first-order chi connectivity index (χ1) is 12.5. The number of benzene rings is 3. The molecule has 3 N–H and O–H groups in total. The molecule has 0 aliphatic carbocycles. The number of nitrogens with one attached hydrogen (secondary N) is 1. The lowest BCUT2D eigenvalue weighted by Gasteiger charge is -2.26. The van der Waals surface area contributed by atoms with Gasteiger partial charge in [-0.3, -0.25) is 4.79 Å². The molecular weight excluding hydrogens is 367 g/mol. The third-order valence-corrected chi connectivity index (χ3v) is 4.59. The Hall–Kier alpha value is -2.33. The van der Waals surface area contributed by atoms with E-state index in [2.05, 4.69) is 5.32 Å². The Balaban J connectivity index is 1.95. The third kappa shape index (κ3) is 4.44. The zero-order valence-electron chi connectivity index (χ0n) is 13.9. The zero-order chi connectivity index (χ0) is 18.5. The van der Waals surface area contributed by atoms with Crippen LogP contribution in [0.2, 0.25) is 10.0 Å². The molecule has 0 radical (unpaired) electrons. The van der Waals surface area contributed by atoms with Gasteiger partial charge in [0.1, 0.15) is 0 Å². The van der Waals surface area contributed by atoms with E-state index in [1.165, 1.54) is 0 Å². The van der Waals surface area contributed by atoms with Crippen LogP contribution >= 0.6 is 23.2 Å². The average molecular weight is 385 g/mol. The van der Waals surface area contributed by atoms with Crippen LogP contribution < -0.4 is 11.1 Å². The smallest absolute Gasteiger partial charge is 0.251 e. The number of carbonyl (C=O) groups is 1. The Morgan fingerprint density at radius 2 is 1.38 bits per heavy atom. The average Bonchev–Trinajstić information content (AvgIpc) is 2.66. The Morgan fingerprint density at radius 3 is 2.00 bits per heavy atom. The summed E-state index contributed by atoms with van der Waals surface area (Å²) >= 11 is 12.2. The first-order valence-corrected chi connectivity index (χ1v) is 8.92. The van der Waals surface area contributed by atoms with E-state index in [4.69, 9.17) is 28.9 Å². The molecule has 0 saturated heterocycles. The van der Waals surface area contributed by atoms with Gasteiger partial charge in [-0.2, -0.15) is 0 Å². The van der Waals surface area contributed by atoms with Crippen LogP contribution in [0.3, 0.4) is 0 Å². The summed E-state index contributed by atoms with van der Waals surface area (Å²) in [6.45, 7) is 0. The van der Waals surface area contributed by atoms with Crippen molar-refractivity contribution < 1.29 is 4.79 Å². The first-order valence-electron chi connectivity index (χ1n) is 8.17. The summed E-state index contributed by atoms with van der Waals surface area (Å²) in [5.74, 6) is -0.201. The fraction of sp³-hybridized carbons (Fsp3) is 0.0952. The van der Waals surface area contributed by atoms with E-state index in [0.717, 1.165) is 11.1 Å². The number of nitrogens with two attached hydrogens (primary N) is 1. The molecule has 2 atom stereocenters. The number of rotatable bonds is 5. The summed E-state index contributed by atoms with van der Waals surface area (Å²) in [7, 11) is 0. The lowest BCUT2D eigenvalue weighted by Crippen LogP contribution is -2.36. The highest BCUT2D eigenvalue weighted by molar-refractivity contribution is 6.30. The number of hydrogen-bond donors (Lipinski definition) is 2. The molecule has 0 aliphatic rings. The standard InChI is InChI=1S/C21H18Cl2N2O/c22-17-10-4-8-15(12-17)19(24)20(16-9-5-11-18(23)13-16)25-21(26)14-6-2-1-3-7-14/h1-13,19-20H,24H2,(H,25,26)/t19-,20+/m1/s1. The highest BCUT2D eigenvalue weighted by Gasteiger charge is 2.24. The van der Waals surface area contributed by atoms with Gasteiger partial charge in [-0.25, -0.2) is 0 Å². The lowest BCUT2D eigenvalue weighted by molar-refractivity contribution is 0.0930. The highest BCUT2D eigenvalue weighted by atomic mass is 35.5. The van der Waals surface area contributed by atoms with E-state index in [1.54, 1.807) is 30.3 Å². The van der Waals surface area contributed by atoms with Gasteiger partial charge < -0.3 is 11.1 Å². The molecule has 26 heavy (non-hydrogen) atoms. The topological polar surface area (TPSA) is 55.1 Å². The summed E-state index contributed by atoms with van der Waals surface area (Å²) < 4.78 is 0. The summed E-state index contributed by atoms with van der Waals surface area (Å²) in [4.78, 5) is 12.7. The predicted octanol–water partition coefficient (Wildman–Crippen LogP) is 5.16. The van der Waals surface area contributed by atoms with Crippen molar-refractivity contribution in [3.8, 4) is 0 Å². The molecule has 3 aromatic rings. The molecule has 5 heteroatoms. The van der Waals surface area contributed by atoms with Gasteiger partial charge in [0.15, 0.2) is 0 Å².